The van der Waals surface area contributed by atoms with Crippen LogP contribution in [0.4, 0.5) is 0 Å². The Labute approximate surface area is 88.2 Å². The molecule has 3 nitrogen and oxygen atoms in total. The molecule has 1 saturated heterocycles. The molecule has 0 spiro atoms. The summed E-state index contributed by atoms with van der Waals surface area (Å²) in [6.07, 6.45) is 2.45. The number of nitrogens with zero attached hydrogens (tertiary/aromatic N) is 2. The van der Waals surface area contributed by atoms with Crippen LogP contribution >= 0.6 is 0 Å². The lowest BCUT2D eigenvalue weighted by Gasteiger charge is -2.34. The van der Waals surface area contributed by atoms with Gasteiger partial charge in [0.2, 0.25) is 0 Å². The van der Waals surface area contributed by atoms with Crippen LogP contribution in [-0.2, 0) is 0 Å². The van der Waals surface area contributed by atoms with Crippen LogP contribution in [0.2, 0.25) is 0 Å². The van der Waals surface area contributed by atoms with Gasteiger partial charge in [-0.3, -0.25) is 0 Å². The Morgan fingerprint density at radius 1 is 1.36 bits per heavy atom. The molecule has 1 aliphatic rings. The number of rotatable bonds is 4. The summed E-state index contributed by atoms with van der Waals surface area (Å²) >= 11 is 0. The highest BCUT2D eigenvalue weighted by molar-refractivity contribution is 4.79. The van der Waals surface area contributed by atoms with Gasteiger partial charge in [-0.2, -0.15) is 0 Å². The minimum atomic E-state index is 0.401. The summed E-state index contributed by atoms with van der Waals surface area (Å²) in [6, 6.07) is 0.401. The predicted molar refractivity (Wildman–Crippen MR) is 61.4 cm³/mol. The lowest BCUT2D eigenvalue weighted by atomic mass is 9.96. The number of likely N-dealkylation sites (tertiary alicyclic amines) is 1. The fraction of sp³-hybridized carbons (Fsp3) is 1.00. The van der Waals surface area contributed by atoms with Crippen LogP contribution in [0, 0.1) is 5.92 Å². The van der Waals surface area contributed by atoms with Crippen molar-refractivity contribution >= 4 is 0 Å². The fourth-order valence-electron chi connectivity index (χ4n) is 2.31. The molecule has 1 aliphatic heterocycles. The van der Waals surface area contributed by atoms with Gasteiger partial charge in [-0.25, -0.2) is 0 Å². The van der Waals surface area contributed by atoms with E-state index in [0.29, 0.717) is 6.04 Å². The summed E-state index contributed by atoms with van der Waals surface area (Å²) in [4.78, 5) is 4.76. The van der Waals surface area contributed by atoms with E-state index >= 15 is 0 Å². The first kappa shape index (κ1) is 12.0. The summed E-state index contributed by atoms with van der Waals surface area (Å²) in [5.41, 5.74) is 5.99. The smallest absolute Gasteiger partial charge is 0.0170 e. The number of hydrogen-bond donors (Lipinski definition) is 1. The maximum absolute atomic E-state index is 5.99. The minimum Gasteiger partial charge on any atom is -0.327 e. The second-order valence-corrected chi connectivity index (χ2v) is 5.02. The van der Waals surface area contributed by atoms with Crippen molar-refractivity contribution in [2.75, 3.05) is 40.3 Å². The van der Waals surface area contributed by atoms with Gasteiger partial charge in [0.1, 0.15) is 0 Å². The maximum atomic E-state index is 5.99. The third-order valence-corrected chi connectivity index (χ3v) is 2.85. The molecular weight excluding hydrogens is 174 g/mol. The van der Waals surface area contributed by atoms with E-state index in [-0.39, 0.29) is 0 Å². The van der Waals surface area contributed by atoms with Crippen LogP contribution in [0.15, 0.2) is 0 Å². The van der Waals surface area contributed by atoms with Gasteiger partial charge >= 0.3 is 0 Å². The molecule has 0 aromatic carbocycles. The minimum absolute atomic E-state index is 0.401. The van der Waals surface area contributed by atoms with E-state index in [1.807, 2.05) is 0 Å². The van der Waals surface area contributed by atoms with Gasteiger partial charge in [0.05, 0.1) is 0 Å². The molecule has 2 N–H and O–H groups in total. The van der Waals surface area contributed by atoms with E-state index in [4.69, 9.17) is 5.73 Å². The number of piperidine rings is 1. The third kappa shape index (κ3) is 4.40. The van der Waals surface area contributed by atoms with Gasteiger partial charge in [-0.15, -0.1) is 0 Å². The Kier molecular flexibility index (Phi) is 4.85. The molecule has 0 aliphatic carbocycles. The molecular formula is C11H25N3. The van der Waals surface area contributed by atoms with Crippen molar-refractivity contribution < 1.29 is 0 Å². The Hall–Kier alpha value is -0.120. The van der Waals surface area contributed by atoms with Gasteiger partial charge in [0.25, 0.3) is 0 Å². The highest BCUT2D eigenvalue weighted by Gasteiger charge is 2.21. The Morgan fingerprint density at radius 2 is 2.07 bits per heavy atom. The molecule has 3 heteroatoms. The molecule has 0 radical (unpaired) electrons. The van der Waals surface area contributed by atoms with Gasteiger partial charge in [0.15, 0.2) is 0 Å². The van der Waals surface area contributed by atoms with E-state index in [1.165, 1.54) is 32.5 Å². The normalized spacial score (nSPS) is 29.8. The summed E-state index contributed by atoms with van der Waals surface area (Å²) in [6.45, 7) is 7.02. The zero-order valence-electron chi connectivity index (χ0n) is 9.87. The van der Waals surface area contributed by atoms with E-state index in [9.17, 15) is 0 Å². The zero-order chi connectivity index (χ0) is 10.6. The lowest BCUT2D eigenvalue weighted by molar-refractivity contribution is 0.159. The highest BCUT2D eigenvalue weighted by Crippen LogP contribution is 2.14. The Balaban J connectivity index is 2.17. The first-order valence-corrected chi connectivity index (χ1v) is 5.70. The second kappa shape index (κ2) is 5.69. The average Bonchev–Trinajstić information content (AvgIpc) is 2.01. The molecule has 2 atom stereocenters. The van der Waals surface area contributed by atoms with Crippen LogP contribution in [0.5, 0.6) is 0 Å². The first-order chi connectivity index (χ1) is 6.58. The standard InChI is InChI=1S/C11H25N3/c1-10-7-11(12)9-14(8-10)6-4-5-13(2)3/h10-11H,4-9,12H2,1-3H3. The van der Waals surface area contributed by atoms with Crippen molar-refractivity contribution in [2.45, 2.75) is 25.8 Å². The summed E-state index contributed by atoms with van der Waals surface area (Å²) in [7, 11) is 4.26. The van der Waals surface area contributed by atoms with E-state index in [2.05, 4.69) is 30.8 Å². The molecule has 0 aromatic rings. The van der Waals surface area contributed by atoms with Crippen molar-refractivity contribution in [1.29, 1.82) is 0 Å². The van der Waals surface area contributed by atoms with E-state index < -0.39 is 0 Å². The molecule has 0 amide bonds. The van der Waals surface area contributed by atoms with Crippen molar-refractivity contribution in [2.24, 2.45) is 11.7 Å². The lowest BCUT2D eigenvalue weighted by Crippen LogP contribution is -2.46. The van der Waals surface area contributed by atoms with Crippen molar-refractivity contribution in [3.63, 3.8) is 0 Å². The molecule has 1 fully saturated rings. The quantitative estimate of drug-likeness (QED) is 0.720. The predicted octanol–water partition coefficient (Wildman–Crippen LogP) is 0.607. The van der Waals surface area contributed by atoms with Crippen LogP contribution in [-0.4, -0.2) is 56.1 Å². The summed E-state index contributed by atoms with van der Waals surface area (Å²) in [5, 5.41) is 0. The highest BCUT2D eigenvalue weighted by atomic mass is 15.2. The number of nitrogens with two attached hydrogens (primary N) is 1. The molecule has 1 rings (SSSR count). The molecule has 1 heterocycles. The van der Waals surface area contributed by atoms with Crippen LogP contribution < -0.4 is 5.73 Å². The summed E-state index contributed by atoms with van der Waals surface area (Å²) in [5.74, 6) is 0.776. The van der Waals surface area contributed by atoms with Crippen molar-refractivity contribution in [3.8, 4) is 0 Å². The average molecular weight is 199 g/mol. The zero-order valence-corrected chi connectivity index (χ0v) is 9.87. The van der Waals surface area contributed by atoms with Crippen LogP contribution in [0.1, 0.15) is 19.8 Å². The molecule has 2 unspecified atom stereocenters. The van der Waals surface area contributed by atoms with Gasteiger partial charge in [0, 0.05) is 19.1 Å². The topological polar surface area (TPSA) is 32.5 Å². The van der Waals surface area contributed by atoms with Crippen LogP contribution in [0.3, 0.4) is 0 Å². The van der Waals surface area contributed by atoms with E-state index in [0.717, 1.165) is 12.5 Å². The molecule has 0 aromatic heterocycles. The molecule has 0 bridgehead atoms. The third-order valence-electron chi connectivity index (χ3n) is 2.85. The first-order valence-electron chi connectivity index (χ1n) is 5.70. The molecule has 14 heavy (non-hydrogen) atoms. The summed E-state index contributed by atoms with van der Waals surface area (Å²) < 4.78 is 0. The second-order valence-electron chi connectivity index (χ2n) is 5.02. The van der Waals surface area contributed by atoms with Gasteiger partial charge in [-0.1, -0.05) is 6.92 Å². The fourth-order valence-corrected chi connectivity index (χ4v) is 2.31. The molecule has 84 valence electrons. The van der Waals surface area contributed by atoms with Gasteiger partial charge < -0.3 is 15.5 Å². The largest absolute Gasteiger partial charge is 0.327 e. The van der Waals surface area contributed by atoms with Crippen molar-refractivity contribution in [3.05, 3.63) is 0 Å². The van der Waals surface area contributed by atoms with Crippen molar-refractivity contribution in [1.82, 2.24) is 9.80 Å². The molecule has 0 saturated carbocycles. The maximum Gasteiger partial charge on any atom is 0.0170 e. The van der Waals surface area contributed by atoms with Crippen LogP contribution in [0.25, 0.3) is 0 Å². The Morgan fingerprint density at radius 3 is 2.64 bits per heavy atom. The van der Waals surface area contributed by atoms with Gasteiger partial charge in [-0.05, 0) is 45.9 Å². The SMILES string of the molecule is CC1CC(N)CN(CCCN(C)C)C1. The Bertz CT molecular complexity index is 149. The number of hydrogen-bond acceptors (Lipinski definition) is 3. The monoisotopic (exact) mass is 199 g/mol. The van der Waals surface area contributed by atoms with E-state index in [1.54, 1.807) is 0 Å².